The highest BCUT2D eigenvalue weighted by Gasteiger charge is 2.27. The smallest absolute Gasteiger partial charge is 0.223 e. The maximum Gasteiger partial charge on any atom is 0.223 e. The lowest BCUT2D eigenvalue weighted by Crippen LogP contribution is -2.49. The van der Waals surface area contributed by atoms with Crippen LogP contribution in [0.3, 0.4) is 0 Å². The number of fused-ring (bicyclic) bond motifs is 1. The van der Waals surface area contributed by atoms with Crippen LogP contribution < -0.4 is 0 Å². The lowest BCUT2D eigenvalue weighted by atomic mass is 9.97. The molecule has 1 aliphatic carbocycles. The maximum atomic E-state index is 12.8. The van der Waals surface area contributed by atoms with Crippen LogP contribution >= 0.6 is 0 Å². The first-order valence-corrected chi connectivity index (χ1v) is 9.91. The predicted molar refractivity (Wildman–Crippen MR) is 105 cm³/mol. The van der Waals surface area contributed by atoms with E-state index in [1.54, 1.807) is 0 Å². The van der Waals surface area contributed by atoms with Gasteiger partial charge in [0.1, 0.15) is 0 Å². The van der Waals surface area contributed by atoms with Gasteiger partial charge in [-0.05, 0) is 41.9 Å². The van der Waals surface area contributed by atoms with Gasteiger partial charge < -0.3 is 4.90 Å². The van der Waals surface area contributed by atoms with Crippen LogP contribution in [-0.2, 0) is 17.6 Å². The zero-order valence-corrected chi connectivity index (χ0v) is 15.4. The molecule has 3 nitrogen and oxygen atoms in total. The third-order valence-corrected chi connectivity index (χ3v) is 5.96. The van der Waals surface area contributed by atoms with Crippen LogP contribution in [0.1, 0.15) is 35.4 Å². The third kappa shape index (κ3) is 3.99. The van der Waals surface area contributed by atoms with Gasteiger partial charge in [-0.25, -0.2) is 0 Å². The quantitative estimate of drug-likeness (QED) is 0.826. The minimum absolute atomic E-state index is 0.342. The van der Waals surface area contributed by atoms with E-state index in [1.165, 1.54) is 16.7 Å². The molecular weight excluding hydrogens is 320 g/mol. The molecule has 1 atom stereocenters. The van der Waals surface area contributed by atoms with E-state index in [0.717, 1.165) is 52.0 Å². The van der Waals surface area contributed by atoms with Crippen LogP contribution in [0.25, 0.3) is 0 Å². The average molecular weight is 348 g/mol. The summed E-state index contributed by atoms with van der Waals surface area (Å²) in [4.78, 5) is 17.3. The van der Waals surface area contributed by atoms with Crippen molar-refractivity contribution >= 4 is 5.91 Å². The molecule has 3 heteroatoms. The molecule has 0 radical (unpaired) electrons. The van der Waals surface area contributed by atoms with Crippen LogP contribution in [0.5, 0.6) is 0 Å². The highest BCUT2D eigenvalue weighted by Crippen LogP contribution is 2.35. The molecule has 4 rings (SSSR count). The second kappa shape index (κ2) is 8.05. The summed E-state index contributed by atoms with van der Waals surface area (Å²) < 4.78 is 0. The maximum absolute atomic E-state index is 12.8. The van der Waals surface area contributed by atoms with E-state index in [9.17, 15) is 4.79 Å². The van der Waals surface area contributed by atoms with Crippen LogP contribution in [0.2, 0.25) is 0 Å². The summed E-state index contributed by atoms with van der Waals surface area (Å²) >= 11 is 0. The Balaban J connectivity index is 1.24. The first-order chi connectivity index (χ1) is 12.8. The Labute approximate surface area is 156 Å². The lowest BCUT2D eigenvalue weighted by Gasteiger charge is -2.35. The minimum atomic E-state index is 0.342. The van der Waals surface area contributed by atoms with E-state index >= 15 is 0 Å². The number of piperazine rings is 1. The van der Waals surface area contributed by atoms with Crippen molar-refractivity contribution in [2.75, 3.05) is 32.7 Å². The van der Waals surface area contributed by atoms with Gasteiger partial charge in [0.25, 0.3) is 0 Å². The van der Waals surface area contributed by atoms with E-state index in [-0.39, 0.29) is 0 Å². The summed E-state index contributed by atoms with van der Waals surface area (Å²) in [7, 11) is 0. The molecule has 1 amide bonds. The number of nitrogens with zero attached hydrogens (tertiary/aromatic N) is 2. The topological polar surface area (TPSA) is 23.6 Å². The number of hydrogen-bond acceptors (Lipinski definition) is 2. The van der Waals surface area contributed by atoms with Gasteiger partial charge in [-0.15, -0.1) is 0 Å². The molecule has 1 unspecified atom stereocenters. The highest BCUT2D eigenvalue weighted by molar-refractivity contribution is 5.77. The Hall–Kier alpha value is -2.13. The van der Waals surface area contributed by atoms with E-state index < -0.39 is 0 Å². The van der Waals surface area contributed by atoms with Crippen molar-refractivity contribution in [3.05, 3.63) is 71.3 Å². The van der Waals surface area contributed by atoms with Crippen molar-refractivity contribution in [1.29, 1.82) is 0 Å². The van der Waals surface area contributed by atoms with E-state index in [4.69, 9.17) is 0 Å². The van der Waals surface area contributed by atoms with Gasteiger partial charge in [-0.3, -0.25) is 9.69 Å². The number of carbonyl (C=O) groups is 1. The van der Waals surface area contributed by atoms with Crippen molar-refractivity contribution in [1.82, 2.24) is 9.80 Å². The van der Waals surface area contributed by atoms with Crippen LogP contribution in [-0.4, -0.2) is 48.4 Å². The molecule has 1 fully saturated rings. The molecular formula is C23H28N2O. The van der Waals surface area contributed by atoms with E-state index in [0.29, 0.717) is 18.2 Å². The fourth-order valence-corrected chi connectivity index (χ4v) is 4.35. The Morgan fingerprint density at radius 3 is 2.46 bits per heavy atom. The van der Waals surface area contributed by atoms with Crippen molar-refractivity contribution in [3.8, 4) is 0 Å². The Kier molecular flexibility index (Phi) is 5.35. The highest BCUT2D eigenvalue weighted by atomic mass is 16.2. The zero-order chi connectivity index (χ0) is 17.8. The number of carbonyl (C=O) groups excluding carboxylic acids is 1. The van der Waals surface area contributed by atoms with Gasteiger partial charge in [0, 0.05) is 39.1 Å². The molecule has 1 heterocycles. The number of aryl methyl sites for hydroxylation is 1. The third-order valence-electron chi connectivity index (χ3n) is 5.96. The number of rotatable bonds is 5. The Morgan fingerprint density at radius 1 is 0.923 bits per heavy atom. The monoisotopic (exact) mass is 348 g/mol. The largest absolute Gasteiger partial charge is 0.340 e. The normalized spacial score (nSPS) is 20.2. The number of benzene rings is 2. The molecule has 0 spiro atoms. The molecule has 0 N–H and O–H groups in total. The summed E-state index contributed by atoms with van der Waals surface area (Å²) in [5.74, 6) is 0.768. The van der Waals surface area contributed by atoms with E-state index in [1.807, 2.05) is 0 Å². The molecule has 26 heavy (non-hydrogen) atoms. The van der Waals surface area contributed by atoms with Gasteiger partial charge in [-0.2, -0.15) is 0 Å². The standard InChI is InChI=1S/C23H28N2O/c26-23(18-21-11-10-20-8-4-5-9-22(20)21)25-16-14-24(15-17-25)13-12-19-6-2-1-3-7-19/h1-9,21H,10-18H2. The van der Waals surface area contributed by atoms with Gasteiger partial charge in [0.2, 0.25) is 5.91 Å². The summed E-state index contributed by atoms with van der Waals surface area (Å²) in [6, 6.07) is 19.3. The molecule has 1 aliphatic heterocycles. The van der Waals surface area contributed by atoms with Gasteiger partial charge >= 0.3 is 0 Å². The molecule has 2 aromatic rings. The fourth-order valence-electron chi connectivity index (χ4n) is 4.35. The predicted octanol–water partition coefficient (Wildman–Crippen LogP) is 3.49. The number of amides is 1. The van der Waals surface area contributed by atoms with Gasteiger partial charge in [-0.1, -0.05) is 54.6 Å². The fraction of sp³-hybridized carbons (Fsp3) is 0.435. The van der Waals surface area contributed by atoms with E-state index in [2.05, 4.69) is 64.4 Å². The lowest BCUT2D eigenvalue weighted by molar-refractivity contribution is -0.133. The molecule has 2 aromatic carbocycles. The molecule has 2 aliphatic rings. The zero-order valence-electron chi connectivity index (χ0n) is 15.4. The first kappa shape index (κ1) is 17.3. The second-order valence-corrected chi connectivity index (χ2v) is 7.60. The van der Waals surface area contributed by atoms with Crippen LogP contribution in [0.15, 0.2) is 54.6 Å². The minimum Gasteiger partial charge on any atom is -0.340 e. The SMILES string of the molecule is O=C(CC1CCc2ccccc21)N1CCN(CCc2ccccc2)CC1. The van der Waals surface area contributed by atoms with Crippen LogP contribution in [0.4, 0.5) is 0 Å². The molecule has 0 aromatic heterocycles. The summed E-state index contributed by atoms with van der Waals surface area (Å²) in [5, 5.41) is 0. The Bertz CT molecular complexity index is 735. The molecule has 0 saturated carbocycles. The molecule has 136 valence electrons. The summed E-state index contributed by atoms with van der Waals surface area (Å²) in [5.41, 5.74) is 4.24. The van der Waals surface area contributed by atoms with Crippen molar-refractivity contribution in [2.45, 2.75) is 31.6 Å². The molecule has 1 saturated heterocycles. The van der Waals surface area contributed by atoms with Gasteiger partial charge in [0.15, 0.2) is 0 Å². The van der Waals surface area contributed by atoms with Crippen molar-refractivity contribution in [2.24, 2.45) is 0 Å². The average Bonchev–Trinajstić information content (AvgIpc) is 3.10. The summed E-state index contributed by atoms with van der Waals surface area (Å²) in [6.07, 6.45) is 4.03. The van der Waals surface area contributed by atoms with Crippen molar-refractivity contribution < 1.29 is 4.79 Å². The first-order valence-electron chi connectivity index (χ1n) is 9.91. The van der Waals surface area contributed by atoms with Gasteiger partial charge in [0.05, 0.1) is 0 Å². The van der Waals surface area contributed by atoms with Crippen molar-refractivity contribution in [3.63, 3.8) is 0 Å². The van der Waals surface area contributed by atoms with Crippen LogP contribution in [0, 0.1) is 0 Å². The number of hydrogen-bond donors (Lipinski definition) is 0. The summed E-state index contributed by atoms with van der Waals surface area (Å²) in [6.45, 7) is 4.84. The second-order valence-electron chi connectivity index (χ2n) is 7.60. The Morgan fingerprint density at radius 2 is 1.65 bits per heavy atom. The molecule has 0 bridgehead atoms.